The van der Waals surface area contributed by atoms with Crippen molar-refractivity contribution in [1.82, 2.24) is 9.88 Å². The highest BCUT2D eigenvalue weighted by Crippen LogP contribution is 2.32. The van der Waals surface area contributed by atoms with E-state index in [2.05, 4.69) is 4.98 Å². The number of carbonyl (C=O) groups excluding carboxylic acids is 3. The first kappa shape index (κ1) is 16.4. The van der Waals surface area contributed by atoms with Crippen LogP contribution < -0.4 is 0 Å². The van der Waals surface area contributed by atoms with Crippen molar-refractivity contribution in [3.63, 3.8) is 0 Å². The number of nitrogens with zero attached hydrogens (tertiary/aromatic N) is 2. The highest BCUT2D eigenvalue weighted by atomic mass is 35.5. The summed E-state index contributed by atoms with van der Waals surface area (Å²) in [6.07, 6.45) is 4.81. The molecule has 5 nitrogen and oxygen atoms in total. The Morgan fingerprint density at radius 1 is 1.12 bits per heavy atom. The molecule has 3 rings (SSSR count). The molecule has 120 valence electrons. The van der Waals surface area contributed by atoms with Gasteiger partial charge in [-0.1, -0.05) is 11.6 Å². The molecule has 2 aromatic rings. The SMILES string of the molecule is O=C(CN1C(=O)S/C(=C/c2ccncc2)C1=O)c1ccc(Cl)cc1. The molecular weight excluding hydrogens is 348 g/mol. The van der Waals surface area contributed by atoms with Gasteiger partial charge in [-0.3, -0.25) is 24.3 Å². The number of rotatable bonds is 4. The van der Waals surface area contributed by atoms with Crippen molar-refractivity contribution in [3.8, 4) is 0 Å². The van der Waals surface area contributed by atoms with E-state index in [1.807, 2.05) is 0 Å². The first-order valence-corrected chi connectivity index (χ1v) is 8.18. The number of pyridine rings is 1. The second kappa shape index (κ2) is 6.98. The lowest BCUT2D eigenvalue weighted by Gasteiger charge is -2.11. The fourth-order valence-electron chi connectivity index (χ4n) is 2.12. The number of hydrogen-bond acceptors (Lipinski definition) is 5. The molecule has 7 heteroatoms. The van der Waals surface area contributed by atoms with Crippen LogP contribution in [0.25, 0.3) is 6.08 Å². The molecule has 2 heterocycles. The average Bonchev–Trinajstić information content (AvgIpc) is 2.84. The summed E-state index contributed by atoms with van der Waals surface area (Å²) in [6.45, 7) is -0.292. The number of hydrogen-bond donors (Lipinski definition) is 0. The number of ketones is 1. The Morgan fingerprint density at radius 3 is 2.46 bits per heavy atom. The Labute approximate surface area is 147 Å². The van der Waals surface area contributed by atoms with E-state index >= 15 is 0 Å². The fourth-order valence-corrected chi connectivity index (χ4v) is 3.08. The van der Waals surface area contributed by atoms with E-state index < -0.39 is 11.1 Å². The van der Waals surface area contributed by atoms with Gasteiger partial charge in [-0.25, -0.2) is 0 Å². The van der Waals surface area contributed by atoms with Gasteiger partial charge in [0.2, 0.25) is 0 Å². The third kappa shape index (κ3) is 3.55. The molecule has 0 atom stereocenters. The Hall–Kier alpha value is -2.44. The first-order chi connectivity index (χ1) is 11.5. The second-order valence-electron chi connectivity index (χ2n) is 4.98. The van der Waals surface area contributed by atoms with E-state index in [1.54, 1.807) is 54.9 Å². The summed E-state index contributed by atoms with van der Waals surface area (Å²) >= 11 is 6.60. The largest absolute Gasteiger partial charge is 0.293 e. The van der Waals surface area contributed by atoms with E-state index in [1.165, 1.54) is 0 Å². The average molecular weight is 359 g/mol. The maximum atomic E-state index is 12.4. The van der Waals surface area contributed by atoms with E-state index in [0.717, 1.165) is 22.2 Å². The number of carbonyl (C=O) groups is 3. The van der Waals surface area contributed by atoms with Crippen LogP contribution in [0.15, 0.2) is 53.7 Å². The zero-order valence-electron chi connectivity index (χ0n) is 12.3. The number of imide groups is 1. The van der Waals surface area contributed by atoms with Crippen molar-refractivity contribution >= 4 is 46.4 Å². The second-order valence-corrected chi connectivity index (χ2v) is 6.41. The van der Waals surface area contributed by atoms with Crippen LogP contribution in [0.2, 0.25) is 5.02 Å². The van der Waals surface area contributed by atoms with E-state index in [0.29, 0.717) is 10.6 Å². The monoisotopic (exact) mass is 358 g/mol. The molecule has 0 N–H and O–H groups in total. The summed E-state index contributed by atoms with van der Waals surface area (Å²) in [7, 11) is 0. The third-order valence-electron chi connectivity index (χ3n) is 3.35. The number of Topliss-reactive ketones (excluding diaryl/α,β-unsaturated/α-hetero) is 1. The van der Waals surface area contributed by atoms with Crippen LogP contribution in [0.3, 0.4) is 0 Å². The summed E-state index contributed by atoms with van der Waals surface area (Å²) < 4.78 is 0. The molecule has 0 spiro atoms. The Balaban J connectivity index is 1.76. The van der Waals surface area contributed by atoms with Gasteiger partial charge in [0, 0.05) is 23.0 Å². The maximum Gasteiger partial charge on any atom is 0.293 e. The maximum absolute atomic E-state index is 12.4. The van der Waals surface area contributed by atoms with Crippen LogP contribution in [0.1, 0.15) is 15.9 Å². The van der Waals surface area contributed by atoms with Crippen molar-refractivity contribution in [3.05, 3.63) is 69.8 Å². The van der Waals surface area contributed by atoms with Gasteiger partial charge < -0.3 is 0 Å². The molecule has 2 amide bonds. The van der Waals surface area contributed by atoms with Crippen LogP contribution in [0.4, 0.5) is 4.79 Å². The molecule has 0 bridgehead atoms. The lowest BCUT2D eigenvalue weighted by Crippen LogP contribution is -2.33. The zero-order chi connectivity index (χ0) is 17.1. The van der Waals surface area contributed by atoms with Crippen LogP contribution in [0, 0.1) is 0 Å². The highest BCUT2D eigenvalue weighted by Gasteiger charge is 2.36. The van der Waals surface area contributed by atoms with Gasteiger partial charge in [-0.05, 0) is 59.8 Å². The van der Waals surface area contributed by atoms with Crippen molar-refractivity contribution < 1.29 is 14.4 Å². The predicted octanol–water partition coefficient (Wildman–Crippen LogP) is 3.65. The lowest BCUT2D eigenvalue weighted by molar-refractivity contribution is -0.122. The standard InChI is InChI=1S/C17H11ClN2O3S/c18-13-3-1-12(2-4-13)14(21)10-20-16(22)15(24-17(20)23)9-11-5-7-19-8-6-11/h1-9H,10H2/b15-9+. The fraction of sp³-hybridized carbons (Fsp3) is 0.0588. The molecular formula is C17H11ClN2O3S. The van der Waals surface area contributed by atoms with E-state index in [9.17, 15) is 14.4 Å². The molecule has 0 radical (unpaired) electrons. The van der Waals surface area contributed by atoms with Crippen molar-refractivity contribution in [2.45, 2.75) is 0 Å². The van der Waals surface area contributed by atoms with Gasteiger partial charge in [0.05, 0.1) is 11.4 Å². The summed E-state index contributed by atoms with van der Waals surface area (Å²) in [4.78, 5) is 41.8. The van der Waals surface area contributed by atoms with Gasteiger partial charge in [0.25, 0.3) is 11.1 Å². The van der Waals surface area contributed by atoms with Crippen LogP contribution >= 0.6 is 23.4 Å². The van der Waals surface area contributed by atoms with Gasteiger partial charge in [-0.15, -0.1) is 0 Å². The number of thioether (sulfide) groups is 1. The minimum atomic E-state index is -0.468. The summed E-state index contributed by atoms with van der Waals surface area (Å²) in [5.41, 5.74) is 1.16. The highest BCUT2D eigenvalue weighted by molar-refractivity contribution is 8.18. The molecule has 1 aromatic heterocycles. The van der Waals surface area contributed by atoms with Gasteiger partial charge in [0.1, 0.15) is 0 Å². The molecule has 1 fully saturated rings. The van der Waals surface area contributed by atoms with Crippen LogP contribution in [-0.4, -0.2) is 33.4 Å². The molecule has 1 aromatic carbocycles. The number of aromatic nitrogens is 1. The molecule has 24 heavy (non-hydrogen) atoms. The molecule has 1 aliphatic rings. The van der Waals surface area contributed by atoms with E-state index in [-0.39, 0.29) is 17.2 Å². The summed E-state index contributed by atoms with van der Waals surface area (Å²) in [5.74, 6) is -0.789. The Bertz CT molecular complexity index is 835. The number of halogens is 1. The summed E-state index contributed by atoms with van der Waals surface area (Å²) in [6, 6.07) is 9.77. The molecule has 1 saturated heterocycles. The minimum absolute atomic E-state index is 0.287. The van der Waals surface area contributed by atoms with Crippen molar-refractivity contribution in [1.29, 1.82) is 0 Å². The van der Waals surface area contributed by atoms with Gasteiger partial charge >= 0.3 is 0 Å². The number of amides is 2. The van der Waals surface area contributed by atoms with Gasteiger partial charge in [-0.2, -0.15) is 0 Å². The smallest absolute Gasteiger partial charge is 0.292 e. The molecule has 0 saturated carbocycles. The van der Waals surface area contributed by atoms with Crippen LogP contribution in [0.5, 0.6) is 0 Å². The first-order valence-electron chi connectivity index (χ1n) is 6.99. The van der Waals surface area contributed by atoms with Gasteiger partial charge in [0.15, 0.2) is 5.78 Å². The van der Waals surface area contributed by atoms with E-state index in [4.69, 9.17) is 11.6 Å². The Kier molecular flexibility index (Phi) is 4.78. The molecule has 0 unspecified atom stereocenters. The predicted molar refractivity (Wildman–Crippen MR) is 92.7 cm³/mol. The quantitative estimate of drug-likeness (QED) is 0.616. The normalized spacial score (nSPS) is 16.0. The molecule has 0 aliphatic carbocycles. The topological polar surface area (TPSA) is 67.3 Å². The lowest BCUT2D eigenvalue weighted by atomic mass is 10.1. The Morgan fingerprint density at radius 2 is 1.79 bits per heavy atom. The van der Waals surface area contributed by atoms with Crippen molar-refractivity contribution in [2.24, 2.45) is 0 Å². The van der Waals surface area contributed by atoms with Crippen molar-refractivity contribution in [2.75, 3.05) is 6.54 Å². The minimum Gasteiger partial charge on any atom is -0.292 e. The third-order valence-corrected chi connectivity index (χ3v) is 4.50. The van der Waals surface area contributed by atoms with Crippen LogP contribution in [-0.2, 0) is 4.79 Å². The zero-order valence-corrected chi connectivity index (χ0v) is 13.9. The number of benzene rings is 1. The summed E-state index contributed by atoms with van der Waals surface area (Å²) in [5, 5.41) is 0.0561. The molecule has 1 aliphatic heterocycles.